The lowest BCUT2D eigenvalue weighted by Gasteiger charge is -2.26. The third kappa shape index (κ3) is 3.65. The summed E-state index contributed by atoms with van der Waals surface area (Å²) in [4.78, 5) is 7.72. The number of rotatable bonds is 6. The summed E-state index contributed by atoms with van der Waals surface area (Å²) in [5, 5.41) is 1.38. The van der Waals surface area contributed by atoms with Crippen LogP contribution in [0.5, 0.6) is 0 Å². The Hall–Kier alpha value is -2.33. The molecule has 1 fully saturated rings. The minimum Gasteiger partial charge on any atom is -0.369 e. The zero-order chi connectivity index (χ0) is 21.7. The highest BCUT2D eigenvalue weighted by atomic mass is 15.2. The number of anilines is 1. The molecular formula is C27H36N4. The molecule has 0 amide bonds. The van der Waals surface area contributed by atoms with Crippen molar-refractivity contribution >= 4 is 16.7 Å². The van der Waals surface area contributed by atoms with Gasteiger partial charge in [0.05, 0.1) is 5.69 Å². The van der Waals surface area contributed by atoms with Crippen molar-refractivity contribution in [2.24, 2.45) is 11.7 Å². The van der Waals surface area contributed by atoms with Gasteiger partial charge in [-0.25, -0.2) is 4.98 Å². The Morgan fingerprint density at radius 3 is 2.42 bits per heavy atom. The van der Waals surface area contributed by atoms with E-state index in [4.69, 9.17) is 10.7 Å². The van der Waals surface area contributed by atoms with Crippen LogP contribution < -0.4 is 10.6 Å². The van der Waals surface area contributed by atoms with Crippen molar-refractivity contribution in [3.63, 3.8) is 0 Å². The second-order valence-electron chi connectivity index (χ2n) is 9.87. The van der Waals surface area contributed by atoms with Gasteiger partial charge in [-0.1, -0.05) is 17.7 Å². The molecule has 0 bridgehead atoms. The molecule has 2 aliphatic carbocycles. The van der Waals surface area contributed by atoms with Crippen LogP contribution in [0.15, 0.2) is 18.2 Å². The standard InChI is InChI=1S/C27H36N4/c1-17-13-18(2)26(19(3)14-17)31-23-8-6-5-7-22(23)25-24(15-20(4)29-27(25)31)30(12-11-28)16-21-9-10-21/h13-15,21H,5-12,16,28H2,1-4H3. The summed E-state index contributed by atoms with van der Waals surface area (Å²) in [6.07, 6.45) is 7.53. The minimum atomic E-state index is 0.689. The van der Waals surface area contributed by atoms with Gasteiger partial charge in [0.15, 0.2) is 0 Å². The van der Waals surface area contributed by atoms with Crippen LogP contribution in [0.2, 0.25) is 0 Å². The molecule has 3 aromatic rings. The molecule has 5 rings (SSSR count). The Bertz CT molecular complexity index is 1110. The van der Waals surface area contributed by atoms with Crippen molar-refractivity contribution in [1.29, 1.82) is 0 Å². The van der Waals surface area contributed by atoms with Gasteiger partial charge in [-0.2, -0.15) is 0 Å². The summed E-state index contributed by atoms with van der Waals surface area (Å²) in [5.41, 5.74) is 18.0. The predicted molar refractivity (Wildman–Crippen MR) is 131 cm³/mol. The van der Waals surface area contributed by atoms with E-state index >= 15 is 0 Å². The van der Waals surface area contributed by atoms with E-state index in [0.717, 1.165) is 43.2 Å². The fraction of sp³-hybridized carbons (Fsp3) is 0.519. The highest BCUT2D eigenvalue weighted by molar-refractivity contribution is 5.96. The van der Waals surface area contributed by atoms with Gasteiger partial charge in [0.25, 0.3) is 0 Å². The van der Waals surface area contributed by atoms with Gasteiger partial charge in [0.1, 0.15) is 5.65 Å². The highest BCUT2D eigenvalue weighted by Crippen LogP contribution is 2.41. The SMILES string of the molecule is Cc1cc(C)c(-n2c3c(c4c(N(CCN)CC5CC5)cc(C)nc42)CCCC3)c(C)c1. The van der Waals surface area contributed by atoms with Crippen LogP contribution in [0.3, 0.4) is 0 Å². The van der Waals surface area contributed by atoms with Crippen molar-refractivity contribution in [2.75, 3.05) is 24.5 Å². The summed E-state index contributed by atoms with van der Waals surface area (Å²) >= 11 is 0. The van der Waals surface area contributed by atoms with Crippen LogP contribution in [-0.4, -0.2) is 29.2 Å². The van der Waals surface area contributed by atoms with Crippen LogP contribution in [0, 0.1) is 33.6 Å². The lowest BCUT2D eigenvalue weighted by atomic mass is 9.94. The number of benzene rings is 1. The van der Waals surface area contributed by atoms with Crippen LogP contribution in [0.25, 0.3) is 16.7 Å². The van der Waals surface area contributed by atoms with Gasteiger partial charge >= 0.3 is 0 Å². The van der Waals surface area contributed by atoms with Crippen LogP contribution >= 0.6 is 0 Å². The number of aromatic nitrogens is 2. The third-order valence-corrected chi connectivity index (χ3v) is 7.10. The fourth-order valence-corrected chi connectivity index (χ4v) is 5.72. The molecule has 31 heavy (non-hydrogen) atoms. The Labute approximate surface area is 186 Å². The Balaban J connectivity index is 1.81. The summed E-state index contributed by atoms with van der Waals surface area (Å²) < 4.78 is 2.52. The Morgan fingerprint density at radius 1 is 1.03 bits per heavy atom. The quantitative estimate of drug-likeness (QED) is 0.592. The molecule has 1 aromatic carbocycles. The van der Waals surface area contributed by atoms with E-state index in [2.05, 4.69) is 55.4 Å². The molecule has 1 saturated carbocycles. The molecule has 0 radical (unpaired) electrons. The van der Waals surface area contributed by atoms with Crippen molar-refractivity contribution in [3.05, 3.63) is 51.8 Å². The lowest BCUT2D eigenvalue weighted by molar-refractivity contribution is 0.665. The first-order valence-corrected chi connectivity index (χ1v) is 12.0. The van der Waals surface area contributed by atoms with Gasteiger partial charge in [-0.15, -0.1) is 0 Å². The van der Waals surface area contributed by atoms with Crippen molar-refractivity contribution in [2.45, 2.75) is 66.2 Å². The summed E-state index contributed by atoms with van der Waals surface area (Å²) in [5.74, 6) is 0.828. The molecule has 0 unspecified atom stereocenters. The molecule has 2 aliphatic rings. The second-order valence-corrected chi connectivity index (χ2v) is 9.87. The molecule has 2 heterocycles. The number of hydrogen-bond donors (Lipinski definition) is 1. The largest absolute Gasteiger partial charge is 0.369 e. The van der Waals surface area contributed by atoms with Crippen LogP contribution in [0.1, 0.15) is 59.3 Å². The first kappa shape index (κ1) is 20.6. The van der Waals surface area contributed by atoms with Crippen molar-refractivity contribution < 1.29 is 0 Å². The molecule has 0 saturated heterocycles. The molecule has 0 spiro atoms. The van der Waals surface area contributed by atoms with E-state index in [-0.39, 0.29) is 0 Å². The van der Waals surface area contributed by atoms with Gasteiger partial charge < -0.3 is 10.6 Å². The fourth-order valence-electron chi connectivity index (χ4n) is 5.72. The van der Waals surface area contributed by atoms with Gasteiger partial charge in [-0.05, 0) is 94.9 Å². The van der Waals surface area contributed by atoms with E-state index in [1.807, 2.05) is 0 Å². The van der Waals surface area contributed by atoms with Gasteiger partial charge in [0.2, 0.25) is 0 Å². The maximum atomic E-state index is 6.07. The maximum Gasteiger partial charge on any atom is 0.147 e. The zero-order valence-electron chi connectivity index (χ0n) is 19.6. The molecule has 4 nitrogen and oxygen atoms in total. The average molecular weight is 417 g/mol. The van der Waals surface area contributed by atoms with Crippen molar-refractivity contribution in [1.82, 2.24) is 9.55 Å². The molecule has 4 heteroatoms. The van der Waals surface area contributed by atoms with Gasteiger partial charge in [0, 0.05) is 42.1 Å². The number of fused-ring (bicyclic) bond motifs is 3. The first-order valence-electron chi connectivity index (χ1n) is 12.0. The molecule has 2 N–H and O–H groups in total. The highest BCUT2D eigenvalue weighted by Gasteiger charge is 2.29. The van der Waals surface area contributed by atoms with E-state index in [9.17, 15) is 0 Å². The number of nitrogens with zero attached hydrogens (tertiary/aromatic N) is 3. The van der Waals surface area contributed by atoms with Gasteiger partial charge in [-0.3, -0.25) is 4.57 Å². The summed E-state index contributed by atoms with van der Waals surface area (Å²) in [7, 11) is 0. The monoisotopic (exact) mass is 416 g/mol. The smallest absolute Gasteiger partial charge is 0.147 e. The molecular weight excluding hydrogens is 380 g/mol. The Morgan fingerprint density at radius 2 is 1.74 bits per heavy atom. The summed E-state index contributed by atoms with van der Waals surface area (Å²) in [6, 6.07) is 6.94. The van der Waals surface area contributed by atoms with E-state index < -0.39 is 0 Å². The number of nitrogens with two attached hydrogens (primary N) is 1. The zero-order valence-corrected chi connectivity index (χ0v) is 19.6. The third-order valence-electron chi connectivity index (χ3n) is 7.10. The number of pyridine rings is 1. The van der Waals surface area contributed by atoms with Crippen molar-refractivity contribution in [3.8, 4) is 5.69 Å². The normalized spacial score (nSPS) is 16.0. The van der Waals surface area contributed by atoms with E-state index in [1.165, 1.54) is 70.4 Å². The molecule has 0 aliphatic heterocycles. The number of hydrogen-bond acceptors (Lipinski definition) is 3. The topological polar surface area (TPSA) is 47.1 Å². The Kier molecular flexibility index (Phi) is 5.29. The van der Waals surface area contributed by atoms with E-state index in [1.54, 1.807) is 0 Å². The van der Waals surface area contributed by atoms with E-state index in [0.29, 0.717) is 6.54 Å². The minimum absolute atomic E-state index is 0.689. The number of aryl methyl sites for hydroxylation is 5. The predicted octanol–water partition coefficient (Wildman–Crippen LogP) is 5.31. The molecule has 0 atom stereocenters. The first-order chi connectivity index (χ1) is 15.0. The molecule has 164 valence electrons. The lowest BCUT2D eigenvalue weighted by Crippen LogP contribution is -2.31. The summed E-state index contributed by atoms with van der Waals surface area (Å²) in [6.45, 7) is 11.6. The average Bonchev–Trinajstić information content (AvgIpc) is 3.48. The van der Waals surface area contributed by atoms with Crippen LogP contribution in [-0.2, 0) is 12.8 Å². The van der Waals surface area contributed by atoms with Crippen LogP contribution in [0.4, 0.5) is 5.69 Å². The molecule has 2 aromatic heterocycles. The maximum absolute atomic E-state index is 6.07. The second kappa shape index (κ2) is 7.98.